The predicted octanol–water partition coefficient (Wildman–Crippen LogP) is 2.68. The minimum atomic E-state index is -0.521. The first-order chi connectivity index (χ1) is 6.65. The number of halogens is 2. The molecule has 1 aromatic rings. The van der Waals surface area contributed by atoms with Gasteiger partial charge in [0.2, 0.25) is 0 Å². The smallest absolute Gasteiger partial charge is 0.129 e. The van der Waals surface area contributed by atoms with Gasteiger partial charge in [0.15, 0.2) is 0 Å². The van der Waals surface area contributed by atoms with Gasteiger partial charge in [0.25, 0.3) is 0 Å². The maximum absolute atomic E-state index is 13.3. The molecule has 1 aromatic carbocycles. The van der Waals surface area contributed by atoms with Crippen LogP contribution < -0.4 is 5.32 Å². The van der Waals surface area contributed by atoms with Crippen LogP contribution in [-0.4, -0.2) is 13.6 Å². The third-order valence-electron chi connectivity index (χ3n) is 2.32. The summed E-state index contributed by atoms with van der Waals surface area (Å²) in [6.07, 6.45) is 0.846. The van der Waals surface area contributed by atoms with E-state index in [1.807, 2.05) is 14.0 Å². The van der Waals surface area contributed by atoms with Crippen LogP contribution in [-0.2, 0) is 0 Å². The van der Waals surface area contributed by atoms with Crippen molar-refractivity contribution in [3.8, 4) is 0 Å². The highest BCUT2D eigenvalue weighted by molar-refractivity contribution is 5.22. The Morgan fingerprint density at radius 1 is 1.36 bits per heavy atom. The Bertz CT molecular complexity index is 299. The fraction of sp³-hybridized carbons (Fsp3) is 0.455. The van der Waals surface area contributed by atoms with Crippen LogP contribution in [0.3, 0.4) is 0 Å². The van der Waals surface area contributed by atoms with E-state index in [0.717, 1.165) is 19.0 Å². The molecular weight excluding hydrogens is 184 g/mol. The molecule has 14 heavy (non-hydrogen) atoms. The summed E-state index contributed by atoms with van der Waals surface area (Å²) in [6, 6.07) is 3.75. The van der Waals surface area contributed by atoms with Crippen molar-refractivity contribution in [2.24, 2.45) is 0 Å². The van der Waals surface area contributed by atoms with E-state index in [1.165, 1.54) is 12.1 Å². The summed E-state index contributed by atoms with van der Waals surface area (Å²) in [7, 11) is 1.85. The molecule has 0 saturated carbocycles. The van der Waals surface area contributed by atoms with Gasteiger partial charge in [-0.1, -0.05) is 13.0 Å². The minimum Gasteiger partial charge on any atom is -0.320 e. The van der Waals surface area contributed by atoms with Gasteiger partial charge in [-0.25, -0.2) is 8.78 Å². The summed E-state index contributed by atoms with van der Waals surface area (Å²) >= 11 is 0. The van der Waals surface area contributed by atoms with Crippen LogP contribution in [0.25, 0.3) is 0 Å². The van der Waals surface area contributed by atoms with Crippen LogP contribution in [0.1, 0.15) is 24.8 Å². The molecule has 78 valence electrons. The Kier molecular flexibility index (Phi) is 4.01. The third kappa shape index (κ3) is 2.77. The summed E-state index contributed by atoms with van der Waals surface area (Å²) in [5.74, 6) is -0.858. The third-order valence-corrected chi connectivity index (χ3v) is 2.32. The van der Waals surface area contributed by atoms with E-state index in [9.17, 15) is 8.78 Å². The van der Waals surface area contributed by atoms with E-state index in [0.29, 0.717) is 5.56 Å². The highest BCUT2D eigenvalue weighted by atomic mass is 19.1. The first-order valence-electron chi connectivity index (χ1n) is 4.74. The molecule has 0 aliphatic rings. The highest BCUT2D eigenvalue weighted by Crippen LogP contribution is 2.22. The fourth-order valence-electron chi connectivity index (χ4n) is 1.42. The Morgan fingerprint density at radius 3 is 2.64 bits per heavy atom. The van der Waals surface area contributed by atoms with E-state index in [2.05, 4.69) is 5.32 Å². The van der Waals surface area contributed by atoms with E-state index in [-0.39, 0.29) is 5.92 Å². The van der Waals surface area contributed by atoms with Crippen molar-refractivity contribution in [1.29, 1.82) is 0 Å². The molecular formula is C11H15F2N. The van der Waals surface area contributed by atoms with Gasteiger partial charge in [-0.15, -0.1) is 0 Å². The van der Waals surface area contributed by atoms with Crippen molar-refractivity contribution in [1.82, 2.24) is 5.32 Å². The first-order valence-corrected chi connectivity index (χ1v) is 4.74. The van der Waals surface area contributed by atoms with Crippen molar-refractivity contribution in [2.75, 3.05) is 13.6 Å². The second kappa shape index (κ2) is 5.05. The normalized spacial score (nSPS) is 12.9. The molecule has 0 aliphatic carbocycles. The molecule has 0 heterocycles. The number of hydrogen-bond donors (Lipinski definition) is 1. The SMILES string of the molecule is CNCCC(C)c1ccc(F)cc1F. The molecule has 0 bridgehead atoms. The lowest BCUT2D eigenvalue weighted by Crippen LogP contribution is -2.11. The van der Waals surface area contributed by atoms with E-state index in [1.54, 1.807) is 0 Å². The Morgan fingerprint density at radius 2 is 2.07 bits per heavy atom. The van der Waals surface area contributed by atoms with Gasteiger partial charge >= 0.3 is 0 Å². The standard InChI is InChI=1S/C11H15F2N/c1-8(5-6-14-2)10-4-3-9(12)7-11(10)13/h3-4,7-8,14H,5-6H2,1-2H3. The number of hydrogen-bond acceptors (Lipinski definition) is 1. The maximum atomic E-state index is 13.3. The van der Waals surface area contributed by atoms with E-state index >= 15 is 0 Å². The molecule has 0 amide bonds. The lowest BCUT2D eigenvalue weighted by atomic mass is 9.97. The summed E-state index contributed by atoms with van der Waals surface area (Å²) in [4.78, 5) is 0. The van der Waals surface area contributed by atoms with Gasteiger partial charge < -0.3 is 5.32 Å². The topological polar surface area (TPSA) is 12.0 Å². The average Bonchev–Trinajstić information content (AvgIpc) is 2.14. The molecule has 0 spiro atoms. The van der Waals surface area contributed by atoms with Gasteiger partial charge in [-0.05, 0) is 37.6 Å². The second-order valence-electron chi connectivity index (χ2n) is 3.46. The molecule has 1 nitrogen and oxygen atoms in total. The average molecular weight is 199 g/mol. The summed E-state index contributed by atoms with van der Waals surface area (Å²) in [5, 5.41) is 3.00. The maximum Gasteiger partial charge on any atom is 0.129 e. The summed E-state index contributed by atoms with van der Waals surface area (Å²) < 4.78 is 25.9. The van der Waals surface area contributed by atoms with Gasteiger partial charge in [0.05, 0.1) is 0 Å². The second-order valence-corrected chi connectivity index (χ2v) is 3.46. The van der Waals surface area contributed by atoms with Gasteiger partial charge in [0, 0.05) is 6.07 Å². The van der Waals surface area contributed by atoms with Crippen LogP contribution >= 0.6 is 0 Å². The summed E-state index contributed by atoms with van der Waals surface area (Å²) in [5.41, 5.74) is 0.585. The van der Waals surface area contributed by atoms with Crippen LogP contribution in [0.2, 0.25) is 0 Å². The summed E-state index contributed by atoms with van der Waals surface area (Å²) in [6.45, 7) is 2.77. The molecule has 1 unspecified atom stereocenters. The highest BCUT2D eigenvalue weighted by Gasteiger charge is 2.10. The van der Waals surface area contributed by atoms with Crippen LogP contribution in [0.4, 0.5) is 8.78 Å². The van der Waals surface area contributed by atoms with Crippen molar-refractivity contribution < 1.29 is 8.78 Å². The van der Waals surface area contributed by atoms with Crippen molar-refractivity contribution in [3.05, 3.63) is 35.4 Å². The van der Waals surface area contributed by atoms with Gasteiger partial charge in [-0.3, -0.25) is 0 Å². The Balaban J connectivity index is 2.74. The number of nitrogens with one attached hydrogen (secondary N) is 1. The number of benzene rings is 1. The Hall–Kier alpha value is -0.960. The van der Waals surface area contributed by atoms with Gasteiger partial charge in [0.1, 0.15) is 11.6 Å². The van der Waals surface area contributed by atoms with Crippen molar-refractivity contribution in [3.63, 3.8) is 0 Å². The molecule has 0 aromatic heterocycles. The molecule has 0 radical (unpaired) electrons. The molecule has 1 atom stereocenters. The van der Waals surface area contributed by atoms with Crippen LogP contribution in [0.15, 0.2) is 18.2 Å². The zero-order valence-corrected chi connectivity index (χ0v) is 8.48. The molecule has 1 N–H and O–H groups in total. The Labute approximate surface area is 83.1 Å². The fourth-order valence-corrected chi connectivity index (χ4v) is 1.42. The molecule has 1 rings (SSSR count). The predicted molar refractivity (Wildman–Crippen MR) is 53.3 cm³/mol. The lowest BCUT2D eigenvalue weighted by molar-refractivity contribution is 0.546. The quantitative estimate of drug-likeness (QED) is 0.786. The lowest BCUT2D eigenvalue weighted by Gasteiger charge is -2.12. The zero-order valence-electron chi connectivity index (χ0n) is 8.48. The van der Waals surface area contributed by atoms with Gasteiger partial charge in [-0.2, -0.15) is 0 Å². The molecule has 0 aliphatic heterocycles. The van der Waals surface area contributed by atoms with E-state index < -0.39 is 11.6 Å². The minimum absolute atomic E-state index is 0.114. The molecule has 3 heteroatoms. The molecule has 0 fully saturated rings. The van der Waals surface area contributed by atoms with Crippen molar-refractivity contribution in [2.45, 2.75) is 19.3 Å². The first kappa shape index (κ1) is 11.1. The van der Waals surface area contributed by atoms with Crippen LogP contribution in [0.5, 0.6) is 0 Å². The number of rotatable bonds is 4. The van der Waals surface area contributed by atoms with E-state index in [4.69, 9.17) is 0 Å². The molecule has 0 saturated heterocycles. The van der Waals surface area contributed by atoms with Crippen LogP contribution in [0, 0.1) is 11.6 Å². The van der Waals surface area contributed by atoms with Crippen molar-refractivity contribution >= 4 is 0 Å². The largest absolute Gasteiger partial charge is 0.320 e. The monoisotopic (exact) mass is 199 g/mol. The zero-order chi connectivity index (χ0) is 10.6.